The van der Waals surface area contributed by atoms with Gasteiger partial charge in [-0.05, 0) is 23.8 Å². The highest BCUT2D eigenvalue weighted by molar-refractivity contribution is 7.80. The van der Waals surface area contributed by atoms with E-state index < -0.39 is 5.92 Å². The molecular formula is C19H18N2O2S. The van der Waals surface area contributed by atoms with Crippen LogP contribution in [-0.4, -0.2) is 37.1 Å². The number of nitrogens with one attached hydrogen (secondary N) is 1. The molecule has 0 aliphatic carbocycles. The van der Waals surface area contributed by atoms with Crippen LogP contribution in [0.4, 0.5) is 11.4 Å². The Labute approximate surface area is 146 Å². The summed E-state index contributed by atoms with van der Waals surface area (Å²) in [4.78, 5) is 15.8. The molecule has 122 valence electrons. The fraction of sp³-hybridized carbons (Fsp3) is 0.263. The maximum Gasteiger partial charge on any atom is 0.179 e. The molecule has 2 aromatic carbocycles. The molecule has 0 radical (unpaired) electrons. The Morgan fingerprint density at radius 2 is 1.83 bits per heavy atom. The SMILES string of the molecule is O=C1c2ccc(N3CCOCC3)cc2NC(=S)C1c1ccccc1. The monoisotopic (exact) mass is 338 g/mol. The Morgan fingerprint density at radius 1 is 1.08 bits per heavy atom. The zero-order valence-electron chi connectivity index (χ0n) is 13.2. The maximum absolute atomic E-state index is 13.0. The van der Waals surface area contributed by atoms with E-state index in [4.69, 9.17) is 17.0 Å². The Hall–Kier alpha value is -2.24. The highest BCUT2D eigenvalue weighted by Gasteiger charge is 2.33. The summed E-state index contributed by atoms with van der Waals surface area (Å²) in [5.74, 6) is -0.337. The third-order valence-electron chi connectivity index (χ3n) is 4.56. The van der Waals surface area contributed by atoms with E-state index in [-0.39, 0.29) is 5.78 Å². The summed E-state index contributed by atoms with van der Waals surface area (Å²) in [6.07, 6.45) is 0. The largest absolute Gasteiger partial charge is 0.378 e. The van der Waals surface area contributed by atoms with E-state index in [0.717, 1.165) is 43.2 Å². The number of Topliss-reactive ketones (excluding diaryl/α,β-unsaturated/α-hetero) is 1. The predicted molar refractivity (Wildman–Crippen MR) is 99.2 cm³/mol. The number of fused-ring (bicyclic) bond motifs is 1. The average molecular weight is 338 g/mol. The molecule has 0 aromatic heterocycles. The summed E-state index contributed by atoms with van der Waals surface area (Å²) in [5.41, 5.74) is 3.54. The molecule has 1 fully saturated rings. The van der Waals surface area contributed by atoms with Crippen LogP contribution < -0.4 is 10.2 Å². The van der Waals surface area contributed by atoms with Crippen LogP contribution in [0, 0.1) is 0 Å². The van der Waals surface area contributed by atoms with Crippen LogP contribution in [0.1, 0.15) is 21.8 Å². The number of rotatable bonds is 2. The van der Waals surface area contributed by atoms with Gasteiger partial charge in [0.15, 0.2) is 5.78 Å². The second kappa shape index (κ2) is 6.34. The highest BCUT2D eigenvalue weighted by Crippen LogP contribution is 2.34. The van der Waals surface area contributed by atoms with Gasteiger partial charge in [0.05, 0.1) is 29.8 Å². The normalized spacial score (nSPS) is 20.5. The Bertz CT molecular complexity index is 785. The van der Waals surface area contributed by atoms with Crippen LogP contribution in [-0.2, 0) is 4.74 Å². The number of carbonyl (C=O) groups is 1. The molecule has 0 bridgehead atoms. The summed E-state index contributed by atoms with van der Waals surface area (Å²) in [7, 11) is 0. The minimum Gasteiger partial charge on any atom is -0.378 e. The standard InChI is InChI=1S/C19H18N2O2S/c22-18-15-7-6-14(21-8-10-23-11-9-21)12-16(15)20-19(24)17(18)13-4-2-1-3-5-13/h1-7,12,17H,8-11H2,(H,20,24). The van der Waals surface area contributed by atoms with Gasteiger partial charge in [0.2, 0.25) is 0 Å². The van der Waals surface area contributed by atoms with Crippen molar-refractivity contribution in [3.05, 3.63) is 59.7 Å². The van der Waals surface area contributed by atoms with Crippen LogP contribution in [0.3, 0.4) is 0 Å². The van der Waals surface area contributed by atoms with Gasteiger partial charge in [-0.1, -0.05) is 42.5 Å². The highest BCUT2D eigenvalue weighted by atomic mass is 32.1. The molecule has 0 amide bonds. The first-order valence-corrected chi connectivity index (χ1v) is 8.51. The van der Waals surface area contributed by atoms with Crippen molar-refractivity contribution < 1.29 is 9.53 Å². The van der Waals surface area contributed by atoms with E-state index in [9.17, 15) is 4.79 Å². The van der Waals surface area contributed by atoms with Gasteiger partial charge in [0.25, 0.3) is 0 Å². The Kier molecular flexibility index (Phi) is 4.04. The molecule has 2 aliphatic heterocycles. The summed E-state index contributed by atoms with van der Waals surface area (Å²) in [6, 6.07) is 15.6. The van der Waals surface area contributed by atoms with Crippen molar-refractivity contribution in [1.29, 1.82) is 0 Å². The molecule has 1 N–H and O–H groups in total. The van der Waals surface area contributed by atoms with Gasteiger partial charge < -0.3 is 15.0 Å². The van der Waals surface area contributed by atoms with Crippen LogP contribution in [0.2, 0.25) is 0 Å². The van der Waals surface area contributed by atoms with Crippen molar-refractivity contribution in [2.45, 2.75) is 5.92 Å². The quantitative estimate of drug-likeness (QED) is 0.852. The van der Waals surface area contributed by atoms with E-state index in [2.05, 4.69) is 10.2 Å². The lowest BCUT2D eigenvalue weighted by Crippen LogP contribution is -2.37. The minimum absolute atomic E-state index is 0.0634. The number of nitrogens with zero attached hydrogens (tertiary/aromatic N) is 1. The number of thiocarbonyl (C=S) groups is 1. The minimum atomic E-state index is -0.400. The van der Waals surface area contributed by atoms with E-state index in [1.807, 2.05) is 48.5 Å². The molecule has 0 saturated carbocycles. The number of ketones is 1. The van der Waals surface area contributed by atoms with Gasteiger partial charge >= 0.3 is 0 Å². The van der Waals surface area contributed by atoms with Crippen LogP contribution in [0.15, 0.2) is 48.5 Å². The van der Waals surface area contributed by atoms with Crippen LogP contribution >= 0.6 is 12.2 Å². The molecule has 1 saturated heterocycles. The molecule has 2 aliphatic rings. The number of hydrogen-bond donors (Lipinski definition) is 1. The molecular weight excluding hydrogens is 320 g/mol. The van der Waals surface area contributed by atoms with Crippen LogP contribution in [0.25, 0.3) is 0 Å². The molecule has 2 heterocycles. The number of anilines is 2. The molecule has 2 aromatic rings. The van der Waals surface area contributed by atoms with Crippen LogP contribution in [0.5, 0.6) is 0 Å². The fourth-order valence-corrected chi connectivity index (χ4v) is 3.65. The second-order valence-electron chi connectivity index (χ2n) is 6.03. The van der Waals surface area contributed by atoms with Crippen molar-refractivity contribution in [1.82, 2.24) is 0 Å². The molecule has 4 rings (SSSR count). The summed E-state index contributed by atoms with van der Waals surface area (Å²) >= 11 is 5.50. The van der Waals surface area contributed by atoms with Gasteiger partial charge in [0, 0.05) is 24.3 Å². The van der Waals surface area contributed by atoms with E-state index in [1.165, 1.54) is 0 Å². The zero-order chi connectivity index (χ0) is 16.5. The number of hydrogen-bond acceptors (Lipinski definition) is 4. The van der Waals surface area contributed by atoms with Gasteiger partial charge in [-0.25, -0.2) is 0 Å². The lowest BCUT2D eigenvalue weighted by Gasteiger charge is -2.31. The topological polar surface area (TPSA) is 41.6 Å². The molecule has 1 unspecified atom stereocenters. The average Bonchev–Trinajstić information content (AvgIpc) is 2.63. The Balaban J connectivity index is 1.67. The van der Waals surface area contributed by atoms with Crippen molar-refractivity contribution >= 4 is 34.4 Å². The van der Waals surface area contributed by atoms with E-state index in [1.54, 1.807) is 0 Å². The molecule has 5 heteroatoms. The summed E-state index contributed by atoms with van der Waals surface area (Å²) in [5, 5.41) is 3.27. The third-order valence-corrected chi connectivity index (χ3v) is 4.90. The smallest absolute Gasteiger partial charge is 0.179 e. The van der Waals surface area contributed by atoms with Gasteiger partial charge in [0.1, 0.15) is 0 Å². The summed E-state index contributed by atoms with van der Waals surface area (Å²) in [6.45, 7) is 3.20. The first kappa shape index (κ1) is 15.3. The molecule has 0 spiro atoms. The third kappa shape index (κ3) is 2.70. The molecule has 4 nitrogen and oxygen atoms in total. The van der Waals surface area contributed by atoms with Crippen molar-refractivity contribution in [3.63, 3.8) is 0 Å². The van der Waals surface area contributed by atoms with Gasteiger partial charge in [-0.3, -0.25) is 4.79 Å². The molecule has 1 atom stereocenters. The second-order valence-corrected chi connectivity index (χ2v) is 6.47. The lowest BCUT2D eigenvalue weighted by molar-refractivity contribution is 0.0982. The number of carbonyl (C=O) groups excluding carboxylic acids is 1. The summed E-state index contributed by atoms with van der Waals surface area (Å²) < 4.78 is 5.40. The number of morpholine rings is 1. The van der Waals surface area contributed by atoms with E-state index in [0.29, 0.717) is 10.6 Å². The van der Waals surface area contributed by atoms with Gasteiger partial charge in [-0.15, -0.1) is 0 Å². The van der Waals surface area contributed by atoms with Crippen molar-refractivity contribution in [2.75, 3.05) is 36.5 Å². The van der Waals surface area contributed by atoms with Crippen molar-refractivity contribution in [2.24, 2.45) is 0 Å². The first-order valence-electron chi connectivity index (χ1n) is 8.11. The van der Waals surface area contributed by atoms with Gasteiger partial charge in [-0.2, -0.15) is 0 Å². The maximum atomic E-state index is 13.0. The predicted octanol–water partition coefficient (Wildman–Crippen LogP) is 3.24. The van der Waals surface area contributed by atoms with E-state index >= 15 is 0 Å². The Morgan fingerprint density at radius 3 is 2.58 bits per heavy atom. The van der Waals surface area contributed by atoms with Crippen molar-refractivity contribution in [3.8, 4) is 0 Å². The number of benzene rings is 2. The fourth-order valence-electron chi connectivity index (χ4n) is 3.30. The first-order chi connectivity index (χ1) is 11.7. The number of ether oxygens (including phenoxy) is 1. The molecule has 24 heavy (non-hydrogen) atoms. The lowest BCUT2D eigenvalue weighted by atomic mass is 9.86. The zero-order valence-corrected chi connectivity index (χ0v) is 14.0.